The molecule has 0 aromatic carbocycles. The number of aromatic nitrogens is 2. The number of rotatable bonds is 5. The Labute approximate surface area is 93.3 Å². The first kappa shape index (κ1) is 12.2. The van der Waals surface area contributed by atoms with Crippen LogP contribution in [0.1, 0.15) is 30.8 Å². The van der Waals surface area contributed by atoms with Crippen LogP contribution >= 0.6 is 0 Å². The van der Waals surface area contributed by atoms with Crippen LogP contribution in [-0.2, 0) is 11.3 Å². The van der Waals surface area contributed by atoms with Gasteiger partial charge in [0.1, 0.15) is 12.2 Å². The van der Waals surface area contributed by atoms with Crippen molar-refractivity contribution in [2.45, 2.75) is 32.9 Å². The Morgan fingerprint density at radius 1 is 1.62 bits per heavy atom. The lowest BCUT2D eigenvalue weighted by molar-refractivity contribution is -0.122. The van der Waals surface area contributed by atoms with Gasteiger partial charge in [0.05, 0.1) is 0 Å². The number of aromatic carboxylic acids is 1. The zero-order chi connectivity index (χ0) is 12.1. The fourth-order valence-corrected chi connectivity index (χ4v) is 1.20. The van der Waals surface area contributed by atoms with Crippen LogP contribution in [0.25, 0.3) is 0 Å². The van der Waals surface area contributed by atoms with Crippen molar-refractivity contribution >= 4 is 11.9 Å². The summed E-state index contributed by atoms with van der Waals surface area (Å²) in [6.45, 7) is 3.78. The summed E-state index contributed by atoms with van der Waals surface area (Å²) < 4.78 is 1.17. The molecule has 1 aromatic rings. The number of carboxylic acids is 1. The first-order chi connectivity index (χ1) is 7.54. The van der Waals surface area contributed by atoms with Gasteiger partial charge in [0, 0.05) is 12.2 Å². The number of hydrogen-bond acceptors (Lipinski definition) is 3. The largest absolute Gasteiger partial charge is 0.477 e. The number of carbonyl (C=O) groups excluding carboxylic acids is 1. The van der Waals surface area contributed by atoms with Gasteiger partial charge >= 0.3 is 5.97 Å². The zero-order valence-electron chi connectivity index (χ0n) is 9.30. The van der Waals surface area contributed by atoms with E-state index in [2.05, 4.69) is 10.4 Å². The van der Waals surface area contributed by atoms with E-state index in [0.717, 1.165) is 6.42 Å². The summed E-state index contributed by atoms with van der Waals surface area (Å²) in [4.78, 5) is 22.2. The van der Waals surface area contributed by atoms with Crippen LogP contribution in [0.2, 0.25) is 0 Å². The molecule has 1 atom stereocenters. The smallest absolute Gasteiger partial charge is 0.354 e. The highest BCUT2D eigenvalue weighted by atomic mass is 16.4. The van der Waals surface area contributed by atoms with Crippen molar-refractivity contribution in [3.05, 3.63) is 18.0 Å². The summed E-state index contributed by atoms with van der Waals surface area (Å²) in [7, 11) is 0. The molecule has 6 heteroatoms. The lowest BCUT2D eigenvalue weighted by Crippen LogP contribution is -2.35. The van der Waals surface area contributed by atoms with Crippen LogP contribution in [0, 0.1) is 0 Å². The zero-order valence-corrected chi connectivity index (χ0v) is 9.30. The minimum absolute atomic E-state index is 0.0132. The molecular formula is C10H15N3O3. The molecule has 0 bridgehead atoms. The Kier molecular flexibility index (Phi) is 4.04. The average Bonchev–Trinajstić information content (AvgIpc) is 2.65. The van der Waals surface area contributed by atoms with E-state index in [-0.39, 0.29) is 24.2 Å². The topological polar surface area (TPSA) is 84.2 Å². The molecule has 16 heavy (non-hydrogen) atoms. The number of carboxylic acid groups (broad SMARTS) is 1. The molecule has 2 N–H and O–H groups in total. The lowest BCUT2D eigenvalue weighted by Gasteiger charge is -2.11. The molecule has 0 aliphatic carbocycles. The second kappa shape index (κ2) is 5.29. The third-order valence-electron chi connectivity index (χ3n) is 2.25. The average molecular weight is 225 g/mol. The van der Waals surface area contributed by atoms with Crippen molar-refractivity contribution in [2.24, 2.45) is 0 Å². The monoisotopic (exact) mass is 225 g/mol. The Bertz CT molecular complexity index is 386. The highest BCUT2D eigenvalue weighted by molar-refractivity contribution is 5.86. The summed E-state index contributed by atoms with van der Waals surface area (Å²) in [5.74, 6) is -1.32. The molecule has 6 nitrogen and oxygen atoms in total. The minimum atomic E-state index is -1.09. The summed E-state index contributed by atoms with van der Waals surface area (Å²) in [6, 6.07) is 1.44. The SMILES string of the molecule is CCC(C)NC(=O)Cn1nccc1C(=O)O. The highest BCUT2D eigenvalue weighted by Gasteiger charge is 2.13. The predicted octanol–water partition coefficient (Wildman–Crippen LogP) is 0.496. The maximum absolute atomic E-state index is 11.5. The van der Waals surface area contributed by atoms with Crippen molar-refractivity contribution < 1.29 is 14.7 Å². The second-order valence-electron chi connectivity index (χ2n) is 3.56. The van der Waals surface area contributed by atoms with Crippen LogP contribution in [0.3, 0.4) is 0 Å². The summed E-state index contributed by atoms with van der Waals surface area (Å²) in [5.41, 5.74) is 0.0132. The molecule has 1 amide bonds. The van der Waals surface area contributed by atoms with Gasteiger partial charge in [0.25, 0.3) is 0 Å². The normalized spacial score (nSPS) is 12.1. The molecule has 1 unspecified atom stereocenters. The van der Waals surface area contributed by atoms with Crippen LogP contribution < -0.4 is 5.32 Å². The van der Waals surface area contributed by atoms with Gasteiger partial charge in [-0.2, -0.15) is 5.10 Å². The van der Waals surface area contributed by atoms with Gasteiger partial charge in [-0.1, -0.05) is 6.92 Å². The molecule has 88 valence electrons. The number of nitrogens with zero attached hydrogens (tertiary/aromatic N) is 2. The Morgan fingerprint density at radius 2 is 2.31 bits per heavy atom. The van der Waals surface area contributed by atoms with E-state index >= 15 is 0 Å². The molecule has 1 aromatic heterocycles. The van der Waals surface area contributed by atoms with E-state index in [4.69, 9.17) is 5.11 Å². The number of amides is 1. The van der Waals surface area contributed by atoms with E-state index in [0.29, 0.717) is 0 Å². The van der Waals surface area contributed by atoms with Gasteiger partial charge < -0.3 is 10.4 Å². The summed E-state index contributed by atoms with van der Waals surface area (Å²) in [5, 5.41) is 15.3. The standard InChI is InChI=1S/C10H15N3O3/c1-3-7(2)12-9(14)6-13-8(10(15)16)4-5-11-13/h4-5,7H,3,6H2,1-2H3,(H,12,14)(H,15,16). The third kappa shape index (κ3) is 3.08. The van der Waals surface area contributed by atoms with Crippen molar-refractivity contribution in [3.63, 3.8) is 0 Å². The van der Waals surface area contributed by atoms with Gasteiger partial charge in [0.15, 0.2) is 0 Å². The van der Waals surface area contributed by atoms with Crippen LogP contribution in [0.5, 0.6) is 0 Å². The highest BCUT2D eigenvalue weighted by Crippen LogP contribution is 1.98. The van der Waals surface area contributed by atoms with Crippen molar-refractivity contribution in [2.75, 3.05) is 0 Å². The fraction of sp³-hybridized carbons (Fsp3) is 0.500. The quantitative estimate of drug-likeness (QED) is 0.764. The van der Waals surface area contributed by atoms with E-state index in [9.17, 15) is 9.59 Å². The second-order valence-corrected chi connectivity index (χ2v) is 3.56. The summed E-state index contributed by atoms with van der Waals surface area (Å²) in [6.07, 6.45) is 2.19. The first-order valence-corrected chi connectivity index (χ1v) is 5.09. The maximum atomic E-state index is 11.5. The molecule has 0 radical (unpaired) electrons. The molecule has 0 aliphatic heterocycles. The molecular weight excluding hydrogens is 210 g/mol. The van der Waals surface area contributed by atoms with Gasteiger partial charge in [-0.05, 0) is 19.4 Å². The predicted molar refractivity (Wildman–Crippen MR) is 57.1 cm³/mol. The van der Waals surface area contributed by atoms with Crippen molar-refractivity contribution in [1.29, 1.82) is 0 Å². The van der Waals surface area contributed by atoms with E-state index < -0.39 is 5.97 Å². The van der Waals surface area contributed by atoms with Crippen LogP contribution in [-0.4, -0.2) is 32.8 Å². The van der Waals surface area contributed by atoms with Crippen LogP contribution in [0.15, 0.2) is 12.3 Å². The fourth-order valence-electron chi connectivity index (χ4n) is 1.20. The Balaban J connectivity index is 2.63. The summed E-state index contributed by atoms with van der Waals surface area (Å²) >= 11 is 0. The minimum Gasteiger partial charge on any atom is -0.477 e. The van der Waals surface area contributed by atoms with Gasteiger partial charge in [-0.3, -0.25) is 4.79 Å². The number of nitrogens with one attached hydrogen (secondary N) is 1. The van der Waals surface area contributed by atoms with Gasteiger partial charge in [-0.25, -0.2) is 9.48 Å². The molecule has 1 rings (SSSR count). The third-order valence-corrected chi connectivity index (χ3v) is 2.25. The van der Waals surface area contributed by atoms with E-state index in [1.807, 2.05) is 13.8 Å². The van der Waals surface area contributed by atoms with Crippen LogP contribution in [0.4, 0.5) is 0 Å². The number of hydrogen-bond donors (Lipinski definition) is 2. The Hall–Kier alpha value is -1.85. The van der Waals surface area contributed by atoms with Crippen molar-refractivity contribution in [1.82, 2.24) is 15.1 Å². The van der Waals surface area contributed by atoms with Gasteiger partial charge in [0.2, 0.25) is 5.91 Å². The van der Waals surface area contributed by atoms with Crippen molar-refractivity contribution in [3.8, 4) is 0 Å². The molecule has 0 fully saturated rings. The lowest BCUT2D eigenvalue weighted by atomic mass is 10.2. The molecule has 0 aliphatic rings. The maximum Gasteiger partial charge on any atom is 0.354 e. The Morgan fingerprint density at radius 3 is 2.88 bits per heavy atom. The molecule has 0 saturated carbocycles. The van der Waals surface area contributed by atoms with Gasteiger partial charge in [-0.15, -0.1) is 0 Å². The first-order valence-electron chi connectivity index (χ1n) is 5.09. The van der Waals surface area contributed by atoms with E-state index in [1.165, 1.54) is 16.9 Å². The van der Waals surface area contributed by atoms with E-state index in [1.54, 1.807) is 0 Å². The molecule has 0 saturated heterocycles. The molecule has 0 spiro atoms. The molecule has 1 heterocycles. The number of carbonyl (C=O) groups is 2.